The molecule has 8 heteroatoms. The number of benzene rings is 2. The number of aromatic nitrogens is 3. The summed E-state index contributed by atoms with van der Waals surface area (Å²) in [5, 5.41) is 7.70. The molecule has 0 amide bonds. The highest BCUT2D eigenvalue weighted by atomic mass is 32.2. The Labute approximate surface area is 139 Å². The molecule has 0 saturated heterocycles. The molecule has 0 N–H and O–H groups in total. The predicted molar refractivity (Wildman–Crippen MR) is 88.9 cm³/mol. The van der Waals surface area contributed by atoms with Crippen molar-refractivity contribution in [3.05, 3.63) is 42.5 Å². The summed E-state index contributed by atoms with van der Waals surface area (Å²) in [6.07, 6.45) is 0. The maximum atomic E-state index is 13.0. The van der Waals surface area contributed by atoms with Gasteiger partial charge in [-0.1, -0.05) is 17.3 Å². The predicted octanol–water partition coefficient (Wildman–Crippen LogP) is 2.47. The number of fused-ring (bicyclic) bond motifs is 1. The molecule has 0 bridgehead atoms. The summed E-state index contributed by atoms with van der Waals surface area (Å²) in [4.78, 5) is 0.0171. The van der Waals surface area contributed by atoms with E-state index in [1.807, 2.05) is 6.92 Å². The van der Waals surface area contributed by atoms with Gasteiger partial charge in [0.05, 0.1) is 13.2 Å². The van der Waals surface area contributed by atoms with Crippen LogP contribution in [-0.2, 0) is 10.0 Å². The highest BCUT2D eigenvalue weighted by molar-refractivity contribution is 7.90. The minimum atomic E-state index is -3.94. The molecule has 0 saturated carbocycles. The molecule has 3 rings (SSSR count). The van der Waals surface area contributed by atoms with Crippen LogP contribution in [0.25, 0.3) is 11.0 Å². The van der Waals surface area contributed by atoms with Gasteiger partial charge in [-0.25, -0.2) is 0 Å². The number of hydrogen-bond donors (Lipinski definition) is 0. The third kappa shape index (κ3) is 2.80. The van der Waals surface area contributed by atoms with Gasteiger partial charge in [-0.05, 0) is 38.1 Å². The lowest BCUT2D eigenvalue weighted by Crippen LogP contribution is -2.16. The standard InChI is InChI=1S/C16H17N3O4S/c1-3-22-12-9-10-16(15(11-12)23-4-2)24(20,21)19-14-8-6-5-7-13(14)17-18-19/h5-11H,3-4H2,1-2H3. The second-order valence-corrected chi connectivity index (χ2v) is 6.64. The number of hydrogen-bond acceptors (Lipinski definition) is 6. The molecule has 0 unspecified atom stereocenters. The van der Waals surface area contributed by atoms with Gasteiger partial charge in [0, 0.05) is 6.07 Å². The molecule has 0 radical (unpaired) electrons. The first-order valence-electron chi connectivity index (χ1n) is 7.53. The van der Waals surface area contributed by atoms with Crippen molar-refractivity contribution in [2.45, 2.75) is 18.7 Å². The van der Waals surface area contributed by atoms with E-state index in [4.69, 9.17) is 9.47 Å². The molecule has 0 aliphatic heterocycles. The molecular formula is C16H17N3O4S. The van der Waals surface area contributed by atoms with E-state index in [-0.39, 0.29) is 10.6 Å². The van der Waals surface area contributed by atoms with Crippen LogP contribution in [0.5, 0.6) is 11.5 Å². The van der Waals surface area contributed by atoms with Crippen LogP contribution in [0, 0.1) is 0 Å². The fourth-order valence-corrected chi connectivity index (χ4v) is 3.69. The van der Waals surface area contributed by atoms with Crippen LogP contribution in [0.1, 0.15) is 13.8 Å². The van der Waals surface area contributed by atoms with Crippen molar-refractivity contribution in [1.29, 1.82) is 0 Å². The molecule has 1 heterocycles. The summed E-state index contributed by atoms with van der Waals surface area (Å²) in [7, 11) is -3.94. The van der Waals surface area contributed by atoms with Crippen molar-refractivity contribution < 1.29 is 17.9 Å². The maximum Gasteiger partial charge on any atom is 0.288 e. The number of para-hydroxylation sites is 1. The van der Waals surface area contributed by atoms with E-state index in [9.17, 15) is 8.42 Å². The highest BCUT2D eigenvalue weighted by Crippen LogP contribution is 2.31. The zero-order chi connectivity index (χ0) is 17.2. The summed E-state index contributed by atoms with van der Waals surface area (Å²) in [6, 6.07) is 11.5. The lowest BCUT2D eigenvalue weighted by molar-refractivity contribution is 0.317. The van der Waals surface area contributed by atoms with Crippen LogP contribution in [0.4, 0.5) is 0 Å². The Balaban J connectivity index is 2.15. The molecule has 3 aromatic rings. The van der Waals surface area contributed by atoms with E-state index < -0.39 is 10.0 Å². The normalized spacial score (nSPS) is 11.6. The average Bonchev–Trinajstić information content (AvgIpc) is 3.00. The molecule has 0 aliphatic rings. The molecule has 0 aliphatic carbocycles. The lowest BCUT2D eigenvalue weighted by Gasteiger charge is -2.13. The largest absolute Gasteiger partial charge is 0.494 e. The van der Waals surface area contributed by atoms with E-state index in [1.54, 1.807) is 43.3 Å². The third-order valence-electron chi connectivity index (χ3n) is 3.35. The Morgan fingerprint density at radius 1 is 1.04 bits per heavy atom. The van der Waals surface area contributed by atoms with Crippen LogP contribution in [0.15, 0.2) is 47.4 Å². The third-order valence-corrected chi connectivity index (χ3v) is 4.97. The Morgan fingerprint density at radius 3 is 2.54 bits per heavy atom. The summed E-state index contributed by atoms with van der Waals surface area (Å²) < 4.78 is 37.9. The maximum absolute atomic E-state index is 13.0. The van der Waals surface area contributed by atoms with Crippen molar-refractivity contribution in [3.63, 3.8) is 0 Å². The number of nitrogens with zero attached hydrogens (tertiary/aromatic N) is 3. The van der Waals surface area contributed by atoms with Crippen LogP contribution >= 0.6 is 0 Å². The molecule has 0 atom stereocenters. The topological polar surface area (TPSA) is 83.3 Å². The molecule has 0 spiro atoms. The van der Waals surface area contributed by atoms with Gasteiger partial charge in [0.1, 0.15) is 27.4 Å². The van der Waals surface area contributed by atoms with Gasteiger partial charge in [0.2, 0.25) is 0 Å². The van der Waals surface area contributed by atoms with Crippen molar-refractivity contribution in [3.8, 4) is 11.5 Å². The van der Waals surface area contributed by atoms with E-state index in [0.29, 0.717) is 30.0 Å². The first-order valence-corrected chi connectivity index (χ1v) is 8.97. The minimum Gasteiger partial charge on any atom is -0.494 e. The quantitative estimate of drug-likeness (QED) is 0.681. The molecule has 0 fully saturated rings. The Hall–Kier alpha value is -2.61. The van der Waals surface area contributed by atoms with Crippen molar-refractivity contribution in [2.24, 2.45) is 0 Å². The number of ether oxygens (including phenoxy) is 2. The molecule has 126 valence electrons. The van der Waals surface area contributed by atoms with Crippen LogP contribution in [0.2, 0.25) is 0 Å². The Bertz CT molecular complexity index is 966. The van der Waals surface area contributed by atoms with Gasteiger partial charge >= 0.3 is 0 Å². The second kappa shape index (κ2) is 6.48. The van der Waals surface area contributed by atoms with Gasteiger partial charge in [-0.3, -0.25) is 0 Å². The highest BCUT2D eigenvalue weighted by Gasteiger charge is 2.25. The summed E-state index contributed by atoms with van der Waals surface area (Å²) in [6.45, 7) is 4.45. The Kier molecular flexibility index (Phi) is 4.39. The molecule has 2 aromatic carbocycles. The second-order valence-electron chi connectivity index (χ2n) is 4.90. The van der Waals surface area contributed by atoms with E-state index in [1.165, 1.54) is 6.07 Å². The van der Waals surface area contributed by atoms with E-state index in [0.717, 1.165) is 4.09 Å². The monoisotopic (exact) mass is 347 g/mol. The minimum absolute atomic E-state index is 0.0171. The van der Waals surface area contributed by atoms with Crippen molar-refractivity contribution in [2.75, 3.05) is 13.2 Å². The van der Waals surface area contributed by atoms with Gasteiger partial charge in [-0.2, -0.15) is 8.42 Å². The zero-order valence-corrected chi connectivity index (χ0v) is 14.2. The van der Waals surface area contributed by atoms with E-state index >= 15 is 0 Å². The molecule has 7 nitrogen and oxygen atoms in total. The summed E-state index contributed by atoms with van der Waals surface area (Å²) in [5.41, 5.74) is 0.916. The molecule has 24 heavy (non-hydrogen) atoms. The first-order chi connectivity index (χ1) is 11.6. The lowest BCUT2D eigenvalue weighted by atomic mass is 10.3. The van der Waals surface area contributed by atoms with Gasteiger partial charge < -0.3 is 9.47 Å². The zero-order valence-electron chi connectivity index (χ0n) is 13.3. The van der Waals surface area contributed by atoms with Crippen LogP contribution < -0.4 is 9.47 Å². The fourth-order valence-electron chi connectivity index (χ4n) is 2.34. The SMILES string of the molecule is CCOc1ccc(S(=O)(=O)n2nnc3ccccc32)c(OCC)c1. The van der Waals surface area contributed by atoms with Gasteiger partial charge in [0.15, 0.2) is 0 Å². The van der Waals surface area contributed by atoms with Crippen LogP contribution in [0.3, 0.4) is 0 Å². The van der Waals surface area contributed by atoms with Crippen LogP contribution in [-0.4, -0.2) is 36.0 Å². The Morgan fingerprint density at radius 2 is 1.79 bits per heavy atom. The average molecular weight is 347 g/mol. The summed E-state index contributed by atoms with van der Waals surface area (Å²) >= 11 is 0. The van der Waals surface area contributed by atoms with Gasteiger partial charge in [-0.15, -0.1) is 9.19 Å². The smallest absolute Gasteiger partial charge is 0.288 e. The molecule has 1 aromatic heterocycles. The van der Waals surface area contributed by atoms with Crippen molar-refractivity contribution >= 4 is 21.1 Å². The van der Waals surface area contributed by atoms with E-state index in [2.05, 4.69) is 10.3 Å². The van der Waals surface area contributed by atoms with Gasteiger partial charge in [0.25, 0.3) is 10.0 Å². The van der Waals surface area contributed by atoms with Crippen molar-refractivity contribution in [1.82, 2.24) is 14.4 Å². The fraction of sp³-hybridized carbons (Fsp3) is 0.250. The first kappa shape index (κ1) is 16.3. The number of rotatable bonds is 6. The molecular weight excluding hydrogens is 330 g/mol. The summed E-state index contributed by atoms with van der Waals surface area (Å²) in [5.74, 6) is 0.770.